The van der Waals surface area contributed by atoms with Gasteiger partial charge < -0.3 is 15.3 Å². The van der Waals surface area contributed by atoms with E-state index in [2.05, 4.69) is 0 Å². The van der Waals surface area contributed by atoms with Gasteiger partial charge in [-0.3, -0.25) is 9.59 Å². The number of rotatable bonds is 4. The van der Waals surface area contributed by atoms with Crippen molar-refractivity contribution >= 4 is 11.6 Å². The Labute approximate surface area is 158 Å². The molecule has 0 radical (unpaired) electrons. The van der Waals surface area contributed by atoms with Crippen molar-refractivity contribution in [2.24, 2.45) is 11.3 Å². The van der Waals surface area contributed by atoms with E-state index in [-0.39, 0.29) is 23.9 Å². The summed E-state index contributed by atoms with van der Waals surface area (Å²) in [7, 11) is 0. The lowest BCUT2D eigenvalue weighted by Gasteiger charge is -2.55. The first-order valence-corrected chi connectivity index (χ1v) is 9.00. The third-order valence-electron chi connectivity index (χ3n) is 5.93. The number of fused-ring (bicyclic) bond motifs is 3. The maximum Gasteiger partial charge on any atom is 0.178 e. The van der Waals surface area contributed by atoms with Crippen LogP contribution in [0.5, 0.6) is 0 Å². The molecule has 0 saturated heterocycles. The molecule has 3 fully saturated rings. The highest BCUT2D eigenvalue weighted by Crippen LogP contribution is 2.59. The Hall–Kier alpha value is -2.50. The highest BCUT2D eigenvalue weighted by atomic mass is 16.3. The fourth-order valence-electron chi connectivity index (χ4n) is 4.47. The van der Waals surface area contributed by atoms with E-state index in [1.54, 1.807) is 13.0 Å². The number of aliphatic hydroxyl groups excluding tert-OH is 2. The minimum atomic E-state index is -1.72. The van der Waals surface area contributed by atoms with Gasteiger partial charge in [0, 0.05) is 17.4 Å². The van der Waals surface area contributed by atoms with Crippen LogP contribution < -0.4 is 0 Å². The Bertz CT molecular complexity index is 847. The summed E-state index contributed by atoms with van der Waals surface area (Å²) in [5.74, 6) is -2.31. The molecular weight excluding hydrogens is 344 g/mol. The van der Waals surface area contributed by atoms with Crippen molar-refractivity contribution < 1.29 is 24.9 Å². The summed E-state index contributed by atoms with van der Waals surface area (Å²) in [6, 6.07) is 9.36. The van der Waals surface area contributed by atoms with Crippen molar-refractivity contribution in [2.75, 3.05) is 6.61 Å². The minimum absolute atomic E-state index is 0.0999. The van der Waals surface area contributed by atoms with Crippen LogP contribution >= 0.6 is 0 Å². The summed E-state index contributed by atoms with van der Waals surface area (Å²) in [5, 5.41) is 30.2. The van der Waals surface area contributed by atoms with Gasteiger partial charge in [0.1, 0.15) is 11.4 Å². The van der Waals surface area contributed by atoms with Gasteiger partial charge in [-0.15, -0.1) is 0 Å². The first-order chi connectivity index (χ1) is 12.8. The quantitative estimate of drug-likeness (QED) is 0.329. The van der Waals surface area contributed by atoms with E-state index in [4.69, 9.17) is 5.11 Å². The van der Waals surface area contributed by atoms with Crippen molar-refractivity contribution in [1.82, 2.24) is 0 Å². The molecule has 3 aliphatic carbocycles. The van der Waals surface area contributed by atoms with Gasteiger partial charge in [0.2, 0.25) is 0 Å². The van der Waals surface area contributed by atoms with Gasteiger partial charge in [-0.1, -0.05) is 48.6 Å². The first-order valence-electron chi connectivity index (χ1n) is 9.00. The number of benzene rings is 1. The highest BCUT2D eigenvalue weighted by Gasteiger charge is 2.68. The van der Waals surface area contributed by atoms with Gasteiger partial charge in [-0.25, -0.2) is 0 Å². The molecule has 3 saturated carbocycles. The average Bonchev–Trinajstić information content (AvgIpc) is 2.65. The normalized spacial score (nSPS) is 35.4. The molecule has 0 unspecified atom stereocenters. The summed E-state index contributed by atoms with van der Waals surface area (Å²) in [6.07, 6.45) is 6.27. The minimum Gasteiger partial charge on any atom is -0.508 e. The van der Waals surface area contributed by atoms with Crippen LogP contribution in [0.15, 0.2) is 66.0 Å². The molecule has 3 aliphatic rings. The lowest BCUT2D eigenvalue weighted by Crippen LogP contribution is -2.66. The van der Waals surface area contributed by atoms with Gasteiger partial charge >= 0.3 is 0 Å². The number of allylic oxidation sites excluding steroid dienone is 3. The number of Topliss-reactive ketones (excluding diaryl/α,β-unsaturated/α-hetero) is 2. The Morgan fingerprint density at radius 2 is 1.81 bits per heavy atom. The molecule has 5 heteroatoms. The molecule has 3 N–H and O–H groups in total. The molecule has 0 aliphatic heterocycles. The number of ketones is 2. The van der Waals surface area contributed by atoms with Gasteiger partial charge in [-0.05, 0) is 31.9 Å². The first kappa shape index (κ1) is 19.3. The van der Waals surface area contributed by atoms with E-state index < -0.39 is 28.5 Å². The Kier molecular flexibility index (Phi) is 4.93. The third-order valence-corrected chi connectivity index (χ3v) is 5.93. The summed E-state index contributed by atoms with van der Waals surface area (Å²) >= 11 is 0. The van der Waals surface area contributed by atoms with E-state index in [9.17, 15) is 19.8 Å². The average molecular weight is 368 g/mol. The molecule has 4 atom stereocenters. The fourth-order valence-corrected chi connectivity index (χ4v) is 4.47. The molecule has 142 valence electrons. The second-order valence-corrected chi connectivity index (χ2v) is 7.53. The summed E-state index contributed by atoms with van der Waals surface area (Å²) < 4.78 is 0. The largest absolute Gasteiger partial charge is 0.508 e. The van der Waals surface area contributed by atoms with E-state index in [1.165, 1.54) is 25.2 Å². The van der Waals surface area contributed by atoms with E-state index in [0.29, 0.717) is 6.42 Å². The lowest BCUT2D eigenvalue weighted by atomic mass is 9.46. The fraction of sp³-hybridized carbons (Fsp3) is 0.364. The SMILES string of the molecule is C[C@]12C(=O)C(=C(O)C=CC=CCO)[C@H](C[C@H]1c1ccccc1)[C@@](C)(O)C2=O. The van der Waals surface area contributed by atoms with Crippen LogP contribution in [-0.4, -0.2) is 39.1 Å². The van der Waals surface area contributed by atoms with Crippen LogP contribution in [-0.2, 0) is 9.59 Å². The second kappa shape index (κ2) is 6.91. The molecule has 0 heterocycles. The summed E-state index contributed by atoms with van der Waals surface area (Å²) in [6.45, 7) is 2.86. The molecule has 27 heavy (non-hydrogen) atoms. The number of carbonyl (C=O) groups is 2. The zero-order valence-corrected chi connectivity index (χ0v) is 15.4. The predicted octanol–water partition coefficient (Wildman–Crippen LogP) is 2.62. The van der Waals surface area contributed by atoms with Crippen molar-refractivity contribution in [3.63, 3.8) is 0 Å². The van der Waals surface area contributed by atoms with Crippen molar-refractivity contribution in [3.05, 3.63) is 71.5 Å². The zero-order chi connectivity index (χ0) is 19.8. The maximum atomic E-state index is 13.3. The van der Waals surface area contributed by atoms with Crippen LogP contribution in [0.2, 0.25) is 0 Å². The van der Waals surface area contributed by atoms with Gasteiger partial charge in [0.05, 0.1) is 12.0 Å². The molecule has 0 aromatic heterocycles. The number of hydrogen-bond donors (Lipinski definition) is 3. The Morgan fingerprint density at radius 1 is 1.15 bits per heavy atom. The predicted molar refractivity (Wildman–Crippen MR) is 101 cm³/mol. The van der Waals surface area contributed by atoms with Crippen LogP contribution in [0.1, 0.15) is 31.7 Å². The van der Waals surface area contributed by atoms with Crippen LogP contribution in [0.25, 0.3) is 0 Å². The molecule has 5 nitrogen and oxygen atoms in total. The molecule has 0 amide bonds. The molecule has 4 rings (SSSR count). The number of hydrogen-bond acceptors (Lipinski definition) is 5. The monoisotopic (exact) mass is 368 g/mol. The van der Waals surface area contributed by atoms with Crippen molar-refractivity contribution in [2.45, 2.75) is 31.8 Å². The molecule has 1 aromatic carbocycles. The Morgan fingerprint density at radius 3 is 2.44 bits per heavy atom. The van der Waals surface area contributed by atoms with Gasteiger partial charge in [-0.2, -0.15) is 0 Å². The zero-order valence-electron chi connectivity index (χ0n) is 15.4. The van der Waals surface area contributed by atoms with E-state index in [0.717, 1.165) is 5.56 Å². The standard InChI is InChI=1S/C22H24O5/c1-21-15(14-9-5-3-6-10-14)13-16(22(2,27)20(21)26)18(19(21)25)17(24)11-7-4-8-12-23/h3-11,15-16,23-24,27H,12-13H2,1-2H3/t15-,16-,21+,22+/m0/s1. The van der Waals surface area contributed by atoms with Crippen LogP contribution in [0.3, 0.4) is 0 Å². The second-order valence-electron chi connectivity index (χ2n) is 7.53. The number of carbonyl (C=O) groups excluding carboxylic acids is 2. The molecule has 2 bridgehead atoms. The van der Waals surface area contributed by atoms with Gasteiger partial charge in [0.15, 0.2) is 11.6 Å². The highest BCUT2D eigenvalue weighted by molar-refractivity contribution is 6.21. The molecular formula is C22H24O5. The summed E-state index contributed by atoms with van der Waals surface area (Å²) in [4.78, 5) is 26.3. The Balaban J connectivity index is 2.11. The smallest absolute Gasteiger partial charge is 0.178 e. The van der Waals surface area contributed by atoms with Crippen molar-refractivity contribution in [1.29, 1.82) is 0 Å². The van der Waals surface area contributed by atoms with Crippen molar-refractivity contribution in [3.8, 4) is 0 Å². The van der Waals surface area contributed by atoms with Crippen LogP contribution in [0.4, 0.5) is 0 Å². The van der Waals surface area contributed by atoms with Gasteiger partial charge in [0.25, 0.3) is 0 Å². The molecule has 1 aromatic rings. The van der Waals surface area contributed by atoms with E-state index >= 15 is 0 Å². The summed E-state index contributed by atoms with van der Waals surface area (Å²) in [5.41, 5.74) is -2.17. The lowest BCUT2D eigenvalue weighted by molar-refractivity contribution is -0.170. The maximum absolute atomic E-state index is 13.3. The number of aliphatic hydroxyl groups is 3. The van der Waals surface area contributed by atoms with E-state index in [1.807, 2.05) is 30.3 Å². The third kappa shape index (κ3) is 2.87. The van der Waals surface area contributed by atoms with Crippen LogP contribution in [0, 0.1) is 11.3 Å². The topological polar surface area (TPSA) is 94.8 Å². The molecule has 0 spiro atoms.